The zero-order chi connectivity index (χ0) is 13.0. The fourth-order valence-corrected chi connectivity index (χ4v) is 4.63. The van der Waals surface area contributed by atoms with E-state index in [1.165, 1.54) is 12.8 Å². The van der Waals surface area contributed by atoms with Gasteiger partial charge in [-0.2, -0.15) is 13.2 Å². The lowest BCUT2D eigenvalue weighted by Crippen LogP contribution is -2.34. The molecule has 0 bridgehead atoms. The van der Waals surface area contributed by atoms with Gasteiger partial charge in [0.15, 0.2) is 0 Å². The number of aliphatic hydroxyl groups is 1. The lowest BCUT2D eigenvalue weighted by Gasteiger charge is -2.33. The molecule has 0 aromatic rings. The van der Waals surface area contributed by atoms with Crippen LogP contribution in [0.5, 0.6) is 0 Å². The van der Waals surface area contributed by atoms with E-state index in [4.69, 9.17) is 0 Å². The van der Waals surface area contributed by atoms with E-state index in [1.807, 2.05) is 0 Å². The van der Waals surface area contributed by atoms with E-state index in [9.17, 15) is 18.3 Å². The molecule has 3 rings (SSSR count). The summed E-state index contributed by atoms with van der Waals surface area (Å²) in [6.07, 6.45) is 2.06. The average molecular weight is 262 g/mol. The minimum atomic E-state index is -4.04. The third-order valence-corrected chi connectivity index (χ3v) is 5.69. The normalized spacial score (nSPS) is 48.7. The van der Waals surface area contributed by atoms with Gasteiger partial charge in [0.25, 0.3) is 0 Å². The Morgan fingerprint density at radius 3 is 1.78 bits per heavy atom. The van der Waals surface area contributed by atoms with E-state index in [0.717, 1.165) is 12.8 Å². The summed E-state index contributed by atoms with van der Waals surface area (Å²) in [5.41, 5.74) is -0.590. The number of alkyl halides is 3. The first-order valence-electron chi connectivity index (χ1n) is 7.23. The van der Waals surface area contributed by atoms with Crippen LogP contribution in [0.15, 0.2) is 0 Å². The summed E-state index contributed by atoms with van der Waals surface area (Å²) in [7, 11) is 0. The first-order valence-corrected chi connectivity index (χ1v) is 7.23. The monoisotopic (exact) mass is 262 g/mol. The molecule has 2 atom stereocenters. The van der Waals surface area contributed by atoms with Crippen LogP contribution in [-0.4, -0.2) is 16.9 Å². The molecule has 0 saturated heterocycles. The van der Waals surface area contributed by atoms with Crippen LogP contribution in [-0.2, 0) is 0 Å². The molecule has 3 fully saturated rings. The van der Waals surface area contributed by atoms with E-state index in [-0.39, 0.29) is 18.8 Å². The van der Waals surface area contributed by atoms with Crippen LogP contribution in [0.25, 0.3) is 0 Å². The summed E-state index contributed by atoms with van der Waals surface area (Å²) in [5, 5.41) is 10.7. The highest BCUT2D eigenvalue weighted by molar-refractivity contribution is 5.16. The summed E-state index contributed by atoms with van der Waals surface area (Å²) in [6.45, 7) is 0. The molecule has 3 aliphatic carbocycles. The zero-order valence-corrected chi connectivity index (χ0v) is 10.5. The topological polar surface area (TPSA) is 20.2 Å². The number of rotatable bonds is 1. The summed E-state index contributed by atoms with van der Waals surface area (Å²) in [5.74, 6) is -0.195. The predicted octanol–water partition coefficient (Wildman–Crippen LogP) is 3.91. The van der Waals surface area contributed by atoms with Gasteiger partial charge < -0.3 is 5.11 Å². The minimum absolute atomic E-state index is 0.129. The molecule has 0 amide bonds. The first-order chi connectivity index (χ1) is 8.44. The Hall–Kier alpha value is -0.250. The second-order valence-corrected chi connectivity index (χ2v) is 6.47. The molecule has 104 valence electrons. The SMILES string of the molecule is OC1(C2CCC(C(F)(F)F)CC2)C2CCCCC21. The molecule has 3 saturated carbocycles. The van der Waals surface area contributed by atoms with Crippen LogP contribution >= 0.6 is 0 Å². The van der Waals surface area contributed by atoms with Gasteiger partial charge in [-0.25, -0.2) is 0 Å². The highest BCUT2D eigenvalue weighted by Gasteiger charge is 2.67. The van der Waals surface area contributed by atoms with Crippen molar-refractivity contribution < 1.29 is 18.3 Å². The highest BCUT2D eigenvalue weighted by Crippen LogP contribution is 2.64. The fraction of sp³-hybridized carbons (Fsp3) is 1.00. The smallest absolute Gasteiger partial charge is 0.389 e. The van der Waals surface area contributed by atoms with Gasteiger partial charge >= 0.3 is 6.18 Å². The Bertz CT molecular complexity index is 305. The lowest BCUT2D eigenvalue weighted by molar-refractivity contribution is -0.186. The molecule has 0 spiro atoms. The van der Waals surface area contributed by atoms with Gasteiger partial charge in [-0.1, -0.05) is 12.8 Å². The Morgan fingerprint density at radius 1 is 0.833 bits per heavy atom. The summed E-state index contributed by atoms with van der Waals surface area (Å²) < 4.78 is 37.8. The van der Waals surface area contributed by atoms with Gasteiger partial charge in [0.2, 0.25) is 0 Å². The summed E-state index contributed by atoms with van der Waals surface area (Å²) >= 11 is 0. The largest absolute Gasteiger partial charge is 0.391 e. The second kappa shape index (κ2) is 4.12. The molecule has 18 heavy (non-hydrogen) atoms. The van der Waals surface area contributed by atoms with Crippen molar-refractivity contribution in [1.82, 2.24) is 0 Å². The highest BCUT2D eigenvalue weighted by atomic mass is 19.4. The maximum absolute atomic E-state index is 12.6. The molecular formula is C14H21F3O. The van der Waals surface area contributed by atoms with Crippen molar-refractivity contribution in [3.05, 3.63) is 0 Å². The molecule has 0 aromatic heterocycles. The number of halogens is 3. The maximum atomic E-state index is 12.6. The van der Waals surface area contributed by atoms with Crippen LogP contribution in [0.3, 0.4) is 0 Å². The molecule has 1 N–H and O–H groups in total. The first kappa shape index (κ1) is 12.8. The van der Waals surface area contributed by atoms with Crippen molar-refractivity contribution in [3.8, 4) is 0 Å². The molecule has 1 nitrogen and oxygen atoms in total. The van der Waals surface area contributed by atoms with Gasteiger partial charge in [-0.3, -0.25) is 0 Å². The molecule has 0 radical (unpaired) electrons. The van der Waals surface area contributed by atoms with Crippen molar-refractivity contribution in [3.63, 3.8) is 0 Å². The molecule has 0 aliphatic heterocycles. The summed E-state index contributed by atoms with van der Waals surface area (Å²) in [4.78, 5) is 0. The Kier molecular flexibility index (Phi) is 2.92. The zero-order valence-electron chi connectivity index (χ0n) is 10.5. The van der Waals surface area contributed by atoms with E-state index >= 15 is 0 Å². The average Bonchev–Trinajstić information content (AvgIpc) is 2.97. The minimum Gasteiger partial charge on any atom is -0.389 e. The maximum Gasteiger partial charge on any atom is 0.391 e. The Labute approximate surface area is 106 Å². The van der Waals surface area contributed by atoms with Crippen molar-refractivity contribution in [2.75, 3.05) is 0 Å². The van der Waals surface area contributed by atoms with Crippen LogP contribution < -0.4 is 0 Å². The standard InChI is InChI=1S/C14H21F3O/c15-14(16,17)10-7-5-9(6-8-10)13(18)11-3-1-2-4-12(11)13/h9-12,18H,1-8H2. The predicted molar refractivity (Wildman–Crippen MR) is 61.9 cm³/mol. The van der Waals surface area contributed by atoms with Gasteiger partial charge in [0, 0.05) is 0 Å². The lowest BCUT2D eigenvalue weighted by atomic mass is 9.77. The van der Waals surface area contributed by atoms with Crippen molar-refractivity contribution >= 4 is 0 Å². The van der Waals surface area contributed by atoms with Crippen molar-refractivity contribution in [2.45, 2.75) is 63.1 Å². The van der Waals surface area contributed by atoms with E-state index in [0.29, 0.717) is 24.7 Å². The Morgan fingerprint density at radius 2 is 1.33 bits per heavy atom. The fourth-order valence-electron chi connectivity index (χ4n) is 4.63. The van der Waals surface area contributed by atoms with Crippen LogP contribution in [0.4, 0.5) is 13.2 Å². The third kappa shape index (κ3) is 1.87. The number of hydrogen-bond donors (Lipinski definition) is 1. The van der Waals surface area contributed by atoms with Gasteiger partial charge in [0.1, 0.15) is 0 Å². The van der Waals surface area contributed by atoms with Gasteiger partial charge in [-0.15, -0.1) is 0 Å². The Balaban J connectivity index is 1.60. The van der Waals surface area contributed by atoms with Crippen LogP contribution in [0.1, 0.15) is 51.4 Å². The van der Waals surface area contributed by atoms with Crippen molar-refractivity contribution in [1.29, 1.82) is 0 Å². The van der Waals surface area contributed by atoms with Gasteiger partial charge in [-0.05, 0) is 56.3 Å². The number of fused-ring (bicyclic) bond motifs is 1. The third-order valence-electron chi connectivity index (χ3n) is 5.69. The van der Waals surface area contributed by atoms with Crippen molar-refractivity contribution in [2.24, 2.45) is 23.7 Å². The summed E-state index contributed by atoms with van der Waals surface area (Å²) in [6, 6.07) is 0. The quantitative estimate of drug-likeness (QED) is 0.759. The molecule has 0 aromatic carbocycles. The second-order valence-electron chi connectivity index (χ2n) is 6.47. The van der Waals surface area contributed by atoms with Crippen LogP contribution in [0.2, 0.25) is 0 Å². The van der Waals surface area contributed by atoms with Gasteiger partial charge in [0.05, 0.1) is 11.5 Å². The molecule has 0 heterocycles. The number of hydrogen-bond acceptors (Lipinski definition) is 1. The molecule has 2 unspecified atom stereocenters. The molecular weight excluding hydrogens is 241 g/mol. The van der Waals surface area contributed by atoms with E-state index < -0.39 is 17.7 Å². The van der Waals surface area contributed by atoms with E-state index in [1.54, 1.807) is 0 Å². The van der Waals surface area contributed by atoms with Crippen LogP contribution in [0, 0.1) is 23.7 Å². The van der Waals surface area contributed by atoms with E-state index in [2.05, 4.69) is 0 Å². The molecule has 3 aliphatic rings. The molecule has 4 heteroatoms.